The van der Waals surface area contributed by atoms with Crippen molar-refractivity contribution in [2.45, 2.75) is 309 Å². The SMILES string of the molecule is CCCCC/C=C\C/C=C\CCCCCCCCCCCC(=O)OCC(COC(=O)CCCCCCCCCCC/C=C\C/C=C\CCCCC)OC(=O)CCCCCCC/C=C\C/C=C\CCCCC. The summed E-state index contributed by atoms with van der Waals surface area (Å²) in [4.78, 5) is 38.3. The minimum Gasteiger partial charge on any atom is -0.462 e. The van der Waals surface area contributed by atoms with Crippen molar-refractivity contribution in [1.82, 2.24) is 0 Å². The van der Waals surface area contributed by atoms with Gasteiger partial charge in [0, 0.05) is 19.3 Å². The minimum atomic E-state index is -0.787. The lowest BCUT2D eigenvalue weighted by Gasteiger charge is -2.18. The van der Waals surface area contributed by atoms with Crippen LogP contribution >= 0.6 is 0 Å². The van der Waals surface area contributed by atoms with Gasteiger partial charge in [0.15, 0.2) is 6.10 Å². The molecule has 0 aliphatic heterocycles. The minimum absolute atomic E-state index is 0.0838. The first-order valence-electron chi connectivity index (χ1n) is 30.4. The summed E-state index contributed by atoms with van der Waals surface area (Å²) >= 11 is 0. The second kappa shape index (κ2) is 59.4. The first-order chi connectivity index (χ1) is 35.0. The van der Waals surface area contributed by atoms with Crippen molar-refractivity contribution in [2.24, 2.45) is 0 Å². The van der Waals surface area contributed by atoms with Crippen molar-refractivity contribution < 1.29 is 28.6 Å². The monoisotopic (exact) mass is 991 g/mol. The van der Waals surface area contributed by atoms with Gasteiger partial charge in [0.2, 0.25) is 0 Å². The van der Waals surface area contributed by atoms with Crippen molar-refractivity contribution >= 4 is 17.9 Å². The first kappa shape index (κ1) is 67.8. The molecule has 0 radical (unpaired) electrons. The summed E-state index contributed by atoms with van der Waals surface area (Å²) in [6.45, 7) is 6.57. The molecular formula is C65H114O6. The third-order valence-corrected chi connectivity index (χ3v) is 13.2. The molecule has 0 saturated heterocycles. The molecule has 0 aromatic rings. The van der Waals surface area contributed by atoms with Crippen molar-refractivity contribution in [3.8, 4) is 0 Å². The van der Waals surface area contributed by atoms with Gasteiger partial charge in [0.05, 0.1) is 0 Å². The summed E-state index contributed by atoms with van der Waals surface area (Å²) in [6, 6.07) is 0. The van der Waals surface area contributed by atoms with E-state index in [9.17, 15) is 14.4 Å². The van der Waals surface area contributed by atoms with Crippen molar-refractivity contribution in [1.29, 1.82) is 0 Å². The van der Waals surface area contributed by atoms with Crippen LogP contribution in [0.3, 0.4) is 0 Å². The van der Waals surface area contributed by atoms with Crippen LogP contribution in [0.5, 0.6) is 0 Å². The maximum Gasteiger partial charge on any atom is 0.306 e. The predicted molar refractivity (Wildman–Crippen MR) is 307 cm³/mol. The summed E-state index contributed by atoms with van der Waals surface area (Å²) in [5, 5.41) is 0. The lowest BCUT2D eigenvalue weighted by Crippen LogP contribution is -2.30. The van der Waals surface area contributed by atoms with Crippen LogP contribution in [0.25, 0.3) is 0 Å². The maximum atomic E-state index is 12.9. The number of esters is 3. The zero-order chi connectivity index (χ0) is 51.4. The van der Waals surface area contributed by atoms with Crippen molar-refractivity contribution in [3.05, 3.63) is 72.9 Å². The second-order valence-corrected chi connectivity index (χ2v) is 20.2. The average molecular weight is 992 g/mol. The van der Waals surface area contributed by atoms with Crippen molar-refractivity contribution in [3.63, 3.8) is 0 Å². The molecule has 0 aromatic carbocycles. The van der Waals surface area contributed by atoms with Crippen LogP contribution < -0.4 is 0 Å². The second-order valence-electron chi connectivity index (χ2n) is 20.2. The van der Waals surface area contributed by atoms with Gasteiger partial charge in [-0.1, -0.05) is 241 Å². The highest BCUT2D eigenvalue weighted by Crippen LogP contribution is 2.15. The Morgan fingerprint density at radius 2 is 0.507 bits per heavy atom. The first-order valence-corrected chi connectivity index (χ1v) is 30.4. The summed E-state index contributed by atoms with van der Waals surface area (Å²) in [6.07, 6.45) is 76.0. The normalized spacial score (nSPS) is 12.2. The molecule has 0 bridgehead atoms. The highest BCUT2D eigenvalue weighted by molar-refractivity contribution is 5.71. The van der Waals surface area contributed by atoms with Crippen LogP contribution in [0.2, 0.25) is 0 Å². The summed E-state index contributed by atoms with van der Waals surface area (Å²) < 4.78 is 16.9. The van der Waals surface area contributed by atoms with Crippen molar-refractivity contribution in [2.75, 3.05) is 13.2 Å². The molecule has 0 atom stereocenters. The van der Waals surface area contributed by atoms with Gasteiger partial charge < -0.3 is 14.2 Å². The molecule has 71 heavy (non-hydrogen) atoms. The molecule has 0 fully saturated rings. The van der Waals surface area contributed by atoms with E-state index in [1.54, 1.807) is 0 Å². The maximum absolute atomic E-state index is 12.9. The van der Waals surface area contributed by atoms with Gasteiger partial charge in [0.25, 0.3) is 0 Å². The quantitative estimate of drug-likeness (QED) is 0.0261. The molecule has 410 valence electrons. The van der Waals surface area contributed by atoms with Gasteiger partial charge in [0.1, 0.15) is 13.2 Å². The van der Waals surface area contributed by atoms with Crippen LogP contribution in [-0.2, 0) is 28.6 Å². The van der Waals surface area contributed by atoms with Gasteiger partial charge in [-0.3, -0.25) is 14.4 Å². The zero-order valence-electron chi connectivity index (χ0n) is 47.0. The standard InChI is InChI=1S/C65H114O6/c1-4-7-10-13-16-19-22-25-28-30-32-34-37-39-42-45-48-51-54-57-63(66)69-60-62(71-65(68)59-56-53-50-47-44-41-36-27-24-21-18-15-12-9-6-3)61-70-64(67)58-55-52-49-46-43-40-38-35-33-31-29-26-23-20-17-14-11-8-5-2/h16-21,25-29,36,62H,4-15,22-24,30-35,37-61H2,1-3H3/b19-16-,20-17-,21-18-,28-25-,29-26-,36-27-. The van der Waals surface area contributed by atoms with Gasteiger partial charge in [-0.25, -0.2) is 0 Å². The Kier molecular flexibility index (Phi) is 56.8. The van der Waals surface area contributed by atoms with E-state index in [0.29, 0.717) is 19.3 Å². The van der Waals surface area contributed by atoms with E-state index in [1.165, 1.54) is 167 Å². The Balaban J connectivity index is 4.38. The largest absolute Gasteiger partial charge is 0.462 e. The fourth-order valence-corrected chi connectivity index (χ4v) is 8.53. The number of carbonyl (C=O) groups excluding carboxylic acids is 3. The molecule has 0 rings (SSSR count). The molecule has 0 heterocycles. The lowest BCUT2D eigenvalue weighted by atomic mass is 10.1. The topological polar surface area (TPSA) is 78.9 Å². The fraction of sp³-hybridized carbons (Fsp3) is 0.769. The molecule has 0 aromatic heterocycles. The third-order valence-electron chi connectivity index (χ3n) is 13.2. The molecule has 0 N–H and O–H groups in total. The number of hydrogen-bond acceptors (Lipinski definition) is 6. The van der Waals surface area contributed by atoms with Crippen LogP contribution in [0.1, 0.15) is 303 Å². The van der Waals surface area contributed by atoms with Crippen LogP contribution in [-0.4, -0.2) is 37.2 Å². The van der Waals surface area contributed by atoms with E-state index in [0.717, 1.165) is 96.3 Å². The van der Waals surface area contributed by atoms with Gasteiger partial charge in [-0.2, -0.15) is 0 Å². The number of allylic oxidation sites excluding steroid dienone is 12. The Bertz CT molecular complexity index is 1250. The molecule has 0 saturated carbocycles. The van der Waals surface area contributed by atoms with Crippen LogP contribution in [0.15, 0.2) is 72.9 Å². The highest BCUT2D eigenvalue weighted by Gasteiger charge is 2.19. The number of hydrogen-bond donors (Lipinski definition) is 0. The Morgan fingerprint density at radius 1 is 0.282 bits per heavy atom. The molecule has 0 aliphatic carbocycles. The molecular weight excluding hydrogens is 877 g/mol. The van der Waals surface area contributed by atoms with Gasteiger partial charge >= 0.3 is 17.9 Å². The van der Waals surface area contributed by atoms with E-state index in [1.807, 2.05) is 0 Å². The molecule has 0 unspecified atom stereocenters. The van der Waals surface area contributed by atoms with E-state index >= 15 is 0 Å². The molecule has 6 nitrogen and oxygen atoms in total. The average Bonchev–Trinajstić information content (AvgIpc) is 3.37. The lowest BCUT2D eigenvalue weighted by molar-refractivity contribution is -0.167. The smallest absolute Gasteiger partial charge is 0.306 e. The number of rotatable bonds is 55. The Labute approximate surface area is 440 Å². The highest BCUT2D eigenvalue weighted by atomic mass is 16.6. The van der Waals surface area contributed by atoms with Gasteiger partial charge in [-0.05, 0) is 116 Å². The number of unbranched alkanes of at least 4 members (excludes halogenated alkanes) is 32. The van der Waals surface area contributed by atoms with E-state index in [4.69, 9.17) is 14.2 Å². The van der Waals surface area contributed by atoms with Gasteiger partial charge in [-0.15, -0.1) is 0 Å². The molecule has 0 spiro atoms. The molecule has 0 aliphatic rings. The van der Waals surface area contributed by atoms with Crippen LogP contribution in [0, 0.1) is 0 Å². The summed E-state index contributed by atoms with van der Waals surface area (Å²) in [7, 11) is 0. The number of ether oxygens (including phenoxy) is 3. The zero-order valence-corrected chi connectivity index (χ0v) is 47.0. The number of carbonyl (C=O) groups is 3. The summed E-state index contributed by atoms with van der Waals surface area (Å²) in [5.41, 5.74) is 0. The van der Waals surface area contributed by atoms with Crippen LogP contribution in [0.4, 0.5) is 0 Å². The van der Waals surface area contributed by atoms with E-state index in [2.05, 4.69) is 93.7 Å². The fourth-order valence-electron chi connectivity index (χ4n) is 8.53. The predicted octanol–water partition coefficient (Wildman–Crippen LogP) is 20.5. The van der Waals surface area contributed by atoms with E-state index in [-0.39, 0.29) is 31.1 Å². The Hall–Kier alpha value is -3.15. The third kappa shape index (κ3) is 57.6. The molecule has 0 amide bonds. The summed E-state index contributed by atoms with van der Waals surface area (Å²) in [5.74, 6) is -0.895. The Morgan fingerprint density at radius 3 is 0.775 bits per heavy atom. The van der Waals surface area contributed by atoms with E-state index < -0.39 is 6.10 Å². The molecule has 6 heteroatoms.